The van der Waals surface area contributed by atoms with E-state index in [4.69, 9.17) is 5.73 Å². The van der Waals surface area contributed by atoms with E-state index < -0.39 is 12.8 Å². The van der Waals surface area contributed by atoms with Crippen LogP contribution in [0, 0.1) is 5.92 Å². The Morgan fingerprint density at radius 3 is 3.12 bits per heavy atom. The molecule has 0 bridgehead atoms. The largest absolute Gasteiger partial charge is 0.396 e. The zero-order chi connectivity index (χ0) is 12.3. The quantitative estimate of drug-likeness (QED) is 0.832. The van der Waals surface area contributed by atoms with Crippen LogP contribution in [0.2, 0.25) is 0 Å². The Balaban J connectivity index is 2.10. The molecule has 0 unspecified atom stereocenters. The zero-order valence-corrected chi connectivity index (χ0v) is 9.72. The summed E-state index contributed by atoms with van der Waals surface area (Å²) in [6.45, 7) is 0.935. The molecule has 0 spiro atoms. The molecule has 2 atom stereocenters. The highest BCUT2D eigenvalue weighted by atomic mass is 19.1. The molecule has 0 aliphatic carbocycles. The van der Waals surface area contributed by atoms with Crippen molar-refractivity contribution >= 4 is 11.5 Å². The number of anilines is 2. The summed E-state index contributed by atoms with van der Waals surface area (Å²) in [5, 5.41) is 9.79. The normalized spacial score (nSPS) is 24.9. The molecule has 1 aromatic rings. The predicted octanol–water partition coefficient (Wildman–Crippen LogP) is 1.21. The fourth-order valence-electron chi connectivity index (χ4n) is 2.31. The first-order chi connectivity index (χ1) is 8.22. The van der Waals surface area contributed by atoms with E-state index in [1.165, 1.54) is 0 Å². The van der Waals surface area contributed by atoms with Crippen LogP contribution in [0.3, 0.4) is 0 Å². The third-order valence-corrected chi connectivity index (χ3v) is 3.29. The molecule has 4 nitrogen and oxygen atoms in total. The molecule has 0 saturated carbocycles. The van der Waals surface area contributed by atoms with Crippen molar-refractivity contribution in [2.45, 2.75) is 18.9 Å². The van der Waals surface area contributed by atoms with Crippen molar-refractivity contribution in [1.29, 1.82) is 0 Å². The fourth-order valence-corrected chi connectivity index (χ4v) is 2.31. The van der Waals surface area contributed by atoms with Crippen molar-refractivity contribution in [2.75, 3.05) is 30.4 Å². The van der Waals surface area contributed by atoms with Gasteiger partial charge in [-0.2, -0.15) is 0 Å². The number of aromatic nitrogens is 1. The number of hydrogen-bond donors (Lipinski definition) is 2. The second-order valence-corrected chi connectivity index (χ2v) is 4.46. The van der Waals surface area contributed by atoms with Gasteiger partial charge in [-0.25, -0.2) is 4.98 Å². The number of hydrogen-bond acceptors (Lipinski definition) is 4. The number of nitrogens with zero attached hydrogens (tertiary/aromatic N) is 2. The first kappa shape index (κ1) is 12.1. The van der Waals surface area contributed by atoms with Gasteiger partial charge in [0.05, 0.1) is 18.5 Å². The van der Waals surface area contributed by atoms with Crippen molar-refractivity contribution in [1.82, 2.24) is 4.98 Å². The maximum absolute atomic E-state index is 12.4. The number of alkyl halides is 1. The molecule has 1 aliphatic heterocycles. The van der Waals surface area contributed by atoms with E-state index in [1.807, 2.05) is 4.90 Å². The van der Waals surface area contributed by atoms with Crippen LogP contribution in [0.15, 0.2) is 18.3 Å². The van der Waals surface area contributed by atoms with Gasteiger partial charge in [-0.15, -0.1) is 0 Å². The summed E-state index contributed by atoms with van der Waals surface area (Å²) in [5.74, 6) is 0.707. The summed E-state index contributed by atoms with van der Waals surface area (Å²) in [6.07, 6.45) is 2.32. The Labute approximate surface area is 100 Å². The Bertz CT molecular complexity index is 375. The smallest absolute Gasteiger partial charge is 0.151 e. The third kappa shape index (κ3) is 2.66. The monoisotopic (exact) mass is 239 g/mol. The van der Waals surface area contributed by atoms with Crippen molar-refractivity contribution in [3.05, 3.63) is 18.3 Å². The summed E-state index contributed by atoms with van der Waals surface area (Å²) in [7, 11) is 0. The standard InChI is InChI=1S/C12H18FN3O/c13-5-3-9-8-16(7-4-11(9)17)12-10(14)2-1-6-15-12/h1-2,6,9,11,17H,3-5,7-8,14H2/t9-,11-/m0/s1. The van der Waals surface area contributed by atoms with E-state index in [9.17, 15) is 9.50 Å². The number of aliphatic hydroxyl groups is 1. The lowest BCUT2D eigenvalue weighted by atomic mass is 9.92. The number of halogens is 1. The predicted molar refractivity (Wildman–Crippen MR) is 65.6 cm³/mol. The number of nitrogen functional groups attached to an aromatic ring is 1. The molecule has 3 N–H and O–H groups in total. The van der Waals surface area contributed by atoms with Gasteiger partial charge in [0.1, 0.15) is 0 Å². The number of piperidine rings is 1. The van der Waals surface area contributed by atoms with Crippen LogP contribution in [0.5, 0.6) is 0 Å². The molecule has 0 aromatic carbocycles. The van der Waals surface area contributed by atoms with Gasteiger partial charge in [-0.05, 0) is 25.0 Å². The number of nitrogens with two attached hydrogens (primary N) is 1. The van der Waals surface area contributed by atoms with Gasteiger partial charge in [0, 0.05) is 25.2 Å². The Morgan fingerprint density at radius 2 is 2.41 bits per heavy atom. The van der Waals surface area contributed by atoms with E-state index in [0.717, 1.165) is 5.82 Å². The van der Waals surface area contributed by atoms with Crippen molar-refractivity contribution in [3.8, 4) is 0 Å². The average molecular weight is 239 g/mol. The first-order valence-electron chi connectivity index (χ1n) is 5.92. The molecule has 0 radical (unpaired) electrons. The molecule has 1 saturated heterocycles. The lowest BCUT2D eigenvalue weighted by molar-refractivity contribution is 0.0793. The summed E-state index contributed by atoms with van der Waals surface area (Å²) >= 11 is 0. The van der Waals surface area contributed by atoms with Gasteiger partial charge < -0.3 is 15.7 Å². The molecular formula is C12H18FN3O. The molecule has 0 amide bonds. The van der Waals surface area contributed by atoms with Crippen LogP contribution in [-0.4, -0.2) is 36.0 Å². The first-order valence-corrected chi connectivity index (χ1v) is 5.92. The Morgan fingerprint density at radius 1 is 1.59 bits per heavy atom. The Kier molecular flexibility index (Phi) is 3.78. The minimum Gasteiger partial charge on any atom is -0.396 e. The van der Waals surface area contributed by atoms with E-state index in [2.05, 4.69) is 4.98 Å². The third-order valence-electron chi connectivity index (χ3n) is 3.29. The van der Waals surface area contributed by atoms with Gasteiger partial charge in [-0.3, -0.25) is 4.39 Å². The van der Waals surface area contributed by atoms with Crippen LogP contribution in [0.4, 0.5) is 15.9 Å². The van der Waals surface area contributed by atoms with Gasteiger partial charge >= 0.3 is 0 Å². The van der Waals surface area contributed by atoms with Crippen molar-refractivity contribution in [3.63, 3.8) is 0 Å². The average Bonchev–Trinajstić information content (AvgIpc) is 2.33. The van der Waals surface area contributed by atoms with E-state index in [0.29, 0.717) is 31.6 Å². The molecule has 5 heteroatoms. The summed E-state index contributed by atoms with van der Waals surface area (Å²) < 4.78 is 12.4. The summed E-state index contributed by atoms with van der Waals surface area (Å²) in [4.78, 5) is 6.28. The zero-order valence-electron chi connectivity index (χ0n) is 9.72. The SMILES string of the molecule is Nc1cccnc1N1CC[C@H](O)[C@@H](CCF)C1. The molecule has 94 valence electrons. The van der Waals surface area contributed by atoms with Crippen LogP contribution >= 0.6 is 0 Å². The van der Waals surface area contributed by atoms with Crippen LogP contribution in [0.25, 0.3) is 0 Å². The van der Waals surface area contributed by atoms with Crippen molar-refractivity contribution < 1.29 is 9.50 Å². The number of pyridine rings is 1. The molecule has 1 aromatic heterocycles. The number of aliphatic hydroxyl groups excluding tert-OH is 1. The van der Waals surface area contributed by atoms with Gasteiger partial charge in [0.2, 0.25) is 0 Å². The van der Waals surface area contributed by atoms with Gasteiger partial charge in [0.25, 0.3) is 0 Å². The lowest BCUT2D eigenvalue weighted by Gasteiger charge is -2.37. The van der Waals surface area contributed by atoms with Crippen LogP contribution < -0.4 is 10.6 Å². The highest BCUT2D eigenvalue weighted by Gasteiger charge is 2.28. The fraction of sp³-hybridized carbons (Fsp3) is 0.583. The van der Waals surface area contributed by atoms with Crippen molar-refractivity contribution in [2.24, 2.45) is 5.92 Å². The van der Waals surface area contributed by atoms with E-state index in [-0.39, 0.29) is 5.92 Å². The second kappa shape index (κ2) is 5.31. The van der Waals surface area contributed by atoms with Crippen LogP contribution in [0.1, 0.15) is 12.8 Å². The second-order valence-electron chi connectivity index (χ2n) is 4.46. The van der Waals surface area contributed by atoms with Crippen LogP contribution in [-0.2, 0) is 0 Å². The highest BCUT2D eigenvalue weighted by Crippen LogP contribution is 2.27. The summed E-state index contributed by atoms with van der Waals surface area (Å²) in [6, 6.07) is 3.59. The molecule has 17 heavy (non-hydrogen) atoms. The maximum Gasteiger partial charge on any atom is 0.151 e. The van der Waals surface area contributed by atoms with E-state index in [1.54, 1.807) is 18.3 Å². The minimum absolute atomic E-state index is 0.0323. The van der Waals surface area contributed by atoms with Gasteiger partial charge in [-0.1, -0.05) is 0 Å². The number of rotatable bonds is 3. The van der Waals surface area contributed by atoms with Gasteiger partial charge in [0.15, 0.2) is 5.82 Å². The molecule has 1 fully saturated rings. The lowest BCUT2D eigenvalue weighted by Crippen LogP contribution is -2.44. The summed E-state index contributed by atoms with van der Waals surface area (Å²) in [5.41, 5.74) is 6.49. The topological polar surface area (TPSA) is 62.4 Å². The maximum atomic E-state index is 12.4. The molecule has 2 heterocycles. The molecule has 1 aliphatic rings. The van der Waals surface area contributed by atoms with E-state index >= 15 is 0 Å². The highest BCUT2D eigenvalue weighted by molar-refractivity contribution is 5.62. The molecule has 2 rings (SSSR count). The Hall–Kier alpha value is -1.36. The molecular weight excluding hydrogens is 221 g/mol. The minimum atomic E-state index is -0.410.